The van der Waals surface area contributed by atoms with Gasteiger partial charge >= 0.3 is 11.9 Å². The third-order valence-electron chi connectivity index (χ3n) is 9.76. The molecule has 0 bridgehead atoms. The number of hydrogen-bond acceptors (Lipinski definition) is 15. The van der Waals surface area contributed by atoms with Crippen molar-refractivity contribution in [2.75, 3.05) is 26.4 Å². The monoisotopic (exact) mass is 840 g/mol. The van der Waals surface area contributed by atoms with E-state index in [1.54, 1.807) is 0 Å². The molecule has 0 radical (unpaired) electrons. The van der Waals surface area contributed by atoms with Gasteiger partial charge in [-0.25, -0.2) is 0 Å². The van der Waals surface area contributed by atoms with Crippen molar-refractivity contribution in [1.29, 1.82) is 0 Å². The molecule has 7 N–H and O–H groups in total. The molecule has 0 amide bonds. The second kappa shape index (κ2) is 32.0. The minimum atomic E-state index is -1.77. The lowest BCUT2D eigenvalue weighted by Crippen LogP contribution is -2.61. The highest BCUT2D eigenvalue weighted by Crippen LogP contribution is 2.26. The molecule has 59 heavy (non-hydrogen) atoms. The first-order valence-corrected chi connectivity index (χ1v) is 21.4. The summed E-state index contributed by atoms with van der Waals surface area (Å²) in [7, 11) is 0. The third kappa shape index (κ3) is 21.5. The van der Waals surface area contributed by atoms with Gasteiger partial charge in [-0.3, -0.25) is 9.59 Å². The molecular weight excluding hydrogens is 768 g/mol. The lowest BCUT2D eigenvalue weighted by Gasteiger charge is -2.42. The normalized spacial score (nSPS) is 28.4. The molecule has 15 nitrogen and oxygen atoms in total. The van der Waals surface area contributed by atoms with Crippen LogP contribution in [0.2, 0.25) is 0 Å². The number of hydrogen-bond donors (Lipinski definition) is 7. The summed E-state index contributed by atoms with van der Waals surface area (Å²) in [5, 5.41) is 71.5. The zero-order valence-corrected chi connectivity index (χ0v) is 35.0. The molecule has 11 unspecified atom stereocenters. The zero-order chi connectivity index (χ0) is 43.3. The first-order valence-electron chi connectivity index (χ1n) is 21.4. The van der Waals surface area contributed by atoms with Crippen LogP contribution in [0.3, 0.4) is 0 Å². The van der Waals surface area contributed by atoms with Crippen LogP contribution in [0, 0.1) is 0 Å². The van der Waals surface area contributed by atoms with Gasteiger partial charge in [0.15, 0.2) is 18.7 Å². The summed E-state index contributed by atoms with van der Waals surface area (Å²) in [6.45, 7) is 2.25. The number of unbranched alkanes of at least 4 members (excludes halogenated alkanes) is 6. The molecule has 2 aliphatic heterocycles. The molecule has 338 valence electrons. The van der Waals surface area contributed by atoms with Gasteiger partial charge in [-0.05, 0) is 57.8 Å². The summed E-state index contributed by atoms with van der Waals surface area (Å²) in [5.41, 5.74) is 0. The van der Waals surface area contributed by atoms with E-state index in [4.69, 9.17) is 28.4 Å². The van der Waals surface area contributed by atoms with Crippen LogP contribution in [-0.4, -0.2) is 142 Å². The number of allylic oxidation sites excluding steroid dienone is 10. The van der Waals surface area contributed by atoms with E-state index in [9.17, 15) is 45.3 Å². The van der Waals surface area contributed by atoms with E-state index in [0.29, 0.717) is 12.8 Å². The Labute approximate surface area is 350 Å². The minimum Gasteiger partial charge on any atom is -0.462 e. The summed E-state index contributed by atoms with van der Waals surface area (Å²) in [6.07, 6.45) is 16.3. The fraction of sp³-hybridized carbons (Fsp3) is 0.727. The van der Waals surface area contributed by atoms with Gasteiger partial charge in [0.2, 0.25) is 0 Å². The van der Waals surface area contributed by atoms with Crippen molar-refractivity contribution in [2.45, 2.75) is 178 Å². The summed E-state index contributed by atoms with van der Waals surface area (Å²) in [6, 6.07) is 0. The van der Waals surface area contributed by atoms with Gasteiger partial charge in [0.1, 0.15) is 55.4 Å². The average molecular weight is 841 g/mol. The SMILES string of the molecule is CC/C=C\C/C=C\C/C=C\C/C=C\C/C=C\CCCCCC(=O)OC(COC(=O)CCCCCC)COC1OC(COC2OC(CO)C(O)C(O)C2O)C(O)C(O)C1O. The molecule has 2 rings (SSSR count). The van der Waals surface area contributed by atoms with E-state index >= 15 is 0 Å². The van der Waals surface area contributed by atoms with E-state index in [1.807, 2.05) is 0 Å². The Morgan fingerprint density at radius 1 is 0.559 bits per heavy atom. The topological polar surface area (TPSA) is 231 Å². The number of carbonyl (C=O) groups is 2. The van der Waals surface area contributed by atoms with E-state index in [-0.39, 0.29) is 19.4 Å². The van der Waals surface area contributed by atoms with Gasteiger partial charge in [-0.1, -0.05) is 100 Å². The fourth-order valence-corrected chi connectivity index (χ4v) is 6.18. The molecular formula is C44H72O15. The Balaban J connectivity index is 1.81. The van der Waals surface area contributed by atoms with Crippen LogP contribution in [-0.2, 0) is 38.0 Å². The summed E-state index contributed by atoms with van der Waals surface area (Å²) in [4.78, 5) is 25.2. The Hall–Kier alpha value is -2.80. The van der Waals surface area contributed by atoms with Gasteiger partial charge in [0.25, 0.3) is 0 Å². The van der Waals surface area contributed by atoms with Crippen molar-refractivity contribution in [1.82, 2.24) is 0 Å². The first kappa shape index (κ1) is 52.3. The number of carbonyl (C=O) groups excluding carboxylic acids is 2. The van der Waals surface area contributed by atoms with Crippen LogP contribution in [0.25, 0.3) is 0 Å². The predicted molar refractivity (Wildman–Crippen MR) is 219 cm³/mol. The van der Waals surface area contributed by atoms with Crippen LogP contribution in [0.1, 0.15) is 110 Å². The molecule has 15 heteroatoms. The highest BCUT2D eigenvalue weighted by Gasteiger charge is 2.47. The van der Waals surface area contributed by atoms with Crippen molar-refractivity contribution in [2.24, 2.45) is 0 Å². The maximum absolute atomic E-state index is 12.8. The summed E-state index contributed by atoms with van der Waals surface area (Å²) in [5.74, 6) is -0.992. The smallest absolute Gasteiger partial charge is 0.306 e. The number of aliphatic hydroxyl groups excluding tert-OH is 7. The molecule has 2 fully saturated rings. The van der Waals surface area contributed by atoms with Crippen LogP contribution in [0.15, 0.2) is 60.8 Å². The molecule has 2 heterocycles. The summed E-state index contributed by atoms with van der Waals surface area (Å²) >= 11 is 0. The highest BCUT2D eigenvalue weighted by molar-refractivity contribution is 5.70. The van der Waals surface area contributed by atoms with Gasteiger partial charge in [0, 0.05) is 12.8 Å². The van der Waals surface area contributed by atoms with E-state index in [2.05, 4.69) is 74.6 Å². The van der Waals surface area contributed by atoms with Crippen LogP contribution in [0.5, 0.6) is 0 Å². The quantitative estimate of drug-likeness (QED) is 0.0310. The van der Waals surface area contributed by atoms with E-state index < -0.39 is 99.3 Å². The van der Waals surface area contributed by atoms with Gasteiger partial charge in [-0.2, -0.15) is 0 Å². The third-order valence-corrected chi connectivity index (χ3v) is 9.76. The summed E-state index contributed by atoms with van der Waals surface area (Å²) < 4.78 is 33.1. The molecule has 0 saturated carbocycles. The van der Waals surface area contributed by atoms with Crippen molar-refractivity contribution >= 4 is 11.9 Å². The second-order valence-corrected chi connectivity index (χ2v) is 14.8. The van der Waals surface area contributed by atoms with Crippen LogP contribution >= 0.6 is 0 Å². The minimum absolute atomic E-state index is 0.123. The second-order valence-electron chi connectivity index (χ2n) is 14.8. The molecule has 0 aliphatic carbocycles. The Morgan fingerprint density at radius 3 is 1.64 bits per heavy atom. The first-order chi connectivity index (χ1) is 28.5. The Bertz CT molecular complexity index is 1270. The van der Waals surface area contributed by atoms with Crippen LogP contribution in [0.4, 0.5) is 0 Å². The van der Waals surface area contributed by atoms with Gasteiger partial charge in [-0.15, -0.1) is 0 Å². The average Bonchev–Trinajstić information content (AvgIpc) is 3.23. The largest absolute Gasteiger partial charge is 0.462 e. The van der Waals surface area contributed by atoms with Crippen molar-refractivity contribution in [3.05, 3.63) is 60.8 Å². The molecule has 2 saturated heterocycles. The lowest BCUT2D eigenvalue weighted by atomic mass is 9.98. The molecule has 0 spiro atoms. The Morgan fingerprint density at radius 2 is 1.07 bits per heavy atom. The maximum atomic E-state index is 12.8. The van der Waals surface area contributed by atoms with E-state index in [1.165, 1.54) is 0 Å². The molecule has 2 aliphatic rings. The van der Waals surface area contributed by atoms with Crippen LogP contribution < -0.4 is 0 Å². The maximum Gasteiger partial charge on any atom is 0.306 e. The molecule has 11 atom stereocenters. The standard InChI is InChI=1S/C44H72O15/c1-3-5-7-9-10-11-12-13-14-15-16-17-18-19-20-21-22-23-25-27-36(47)57-32(29-54-35(46)26-24-8-6-4-2)30-55-43-42(53)40(51)38(49)34(59-43)31-56-44-41(52)39(50)37(48)33(28-45)58-44/h5,7,10-11,13-14,16-17,19-20,32-34,37-45,48-53H,3-4,6,8-9,12,15,18,21-31H2,1-2H3/b7-5-,11-10-,14-13-,17-16-,20-19-. The number of ether oxygens (including phenoxy) is 6. The number of rotatable bonds is 30. The van der Waals surface area contributed by atoms with E-state index in [0.717, 1.165) is 70.6 Å². The van der Waals surface area contributed by atoms with Crippen molar-refractivity contribution in [3.8, 4) is 0 Å². The fourth-order valence-electron chi connectivity index (χ4n) is 6.18. The zero-order valence-electron chi connectivity index (χ0n) is 35.0. The molecule has 0 aromatic rings. The molecule has 0 aromatic carbocycles. The van der Waals surface area contributed by atoms with Gasteiger partial charge in [0.05, 0.1) is 19.8 Å². The number of aliphatic hydroxyl groups is 7. The van der Waals surface area contributed by atoms with Gasteiger partial charge < -0.3 is 64.2 Å². The lowest BCUT2D eigenvalue weighted by molar-refractivity contribution is -0.332. The Kier molecular flexibility index (Phi) is 28.4. The van der Waals surface area contributed by atoms with Crippen molar-refractivity contribution in [3.63, 3.8) is 0 Å². The van der Waals surface area contributed by atoms with Crippen molar-refractivity contribution < 1.29 is 73.8 Å². The molecule has 0 aromatic heterocycles. The number of esters is 2. The predicted octanol–water partition coefficient (Wildman–Crippen LogP) is 3.75. The highest BCUT2D eigenvalue weighted by atomic mass is 16.7.